The van der Waals surface area contributed by atoms with Crippen LogP contribution in [0, 0.1) is 5.82 Å². The second kappa shape index (κ2) is 6.23. The molecule has 0 bridgehead atoms. The molecule has 1 amide bonds. The molecule has 2 aromatic rings. The topological polar surface area (TPSA) is 95.6 Å². The highest BCUT2D eigenvalue weighted by Crippen LogP contribution is 2.25. The molecule has 21 heavy (non-hydrogen) atoms. The number of nitrogens with one attached hydrogen (secondary N) is 1. The first-order valence-electron chi connectivity index (χ1n) is 6.28. The smallest absolute Gasteiger partial charge is 0.241 e. The molecule has 6 heteroatoms. The summed E-state index contributed by atoms with van der Waals surface area (Å²) < 4.78 is 13.0. The van der Waals surface area contributed by atoms with Gasteiger partial charge in [-0.3, -0.25) is 4.79 Å². The molecular weight excluding hydrogens is 275 g/mol. The van der Waals surface area contributed by atoms with Crippen LogP contribution in [0.1, 0.15) is 5.56 Å². The lowest BCUT2D eigenvalue weighted by Crippen LogP contribution is -2.37. The zero-order chi connectivity index (χ0) is 15.4. The van der Waals surface area contributed by atoms with Gasteiger partial charge in [-0.05, 0) is 42.3 Å². The largest absolute Gasteiger partial charge is 0.504 e. The third-order valence-corrected chi connectivity index (χ3v) is 2.92. The summed E-state index contributed by atoms with van der Waals surface area (Å²) in [6.07, 6.45) is 0.176. The highest BCUT2D eigenvalue weighted by atomic mass is 19.1. The first-order valence-corrected chi connectivity index (χ1v) is 6.28. The molecule has 0 spiro atoms. The van der Waals surface area contributed by atoms with Crippen LogP contribution in [0.2, 0.25) is 0 Å². The van der Waals surface area contributed by atoms with E-state index in [0.717, 1.165) is 0 Å². The van der Waals surface area contributed by atoms with Crippen LogP contribution in [0.5, 0.6) is 11.5 Å². The first-order chi connectivity index (χ1) is 9.95. The molecule has 0 radical (unpaired) electrons. The van der Waals surface area contributed by atoms with Gasteiger partial charge in [0.05, 0.1) is 6.04 Å². The average Bonchev–Trinajstić information content (AvgIpc) is 2.43. The van der Waals surface area contributed by atoms with E-state index in [1.165, 1.54) is 30.3 Å². The Bertz CT molecular complexity index is 661. The van der Waals surface area contributed by atoms with Gasteiger partial charge in [-0.15, -0.1) is 0 Å². The SMILES string of the molecule is N[C@@H](Cc1ccc(O)c(O)c1)C(=O)Nc1cccc(F)c1. The van der Waals surface area contributed by atoms with Crippen LogP contribution in [0.15, 0.2) is 42.5 Å². The molecule has 0 unspecified atom stereocenters. The number of hydrogen-bond acceptors (Lipinski definition) is 4. The van der Waals surface area contributed by atoms with Gasteiger partial charge in [0.1, 0.15) is 5.82 Å². The summed E-state index contributed by atoms with van der Waals surface area (Å²) in [5.41, 5.74) is 6.70. The molecule has 5 N–H and O–H groups in total. The minimum Gasteiger partial charge on any atom is -0.504 e. The van der Waals surface area contributed by atoms with Crippen molar-refractivity contribution in [3.63, 3.8) is 0 Å². The Labute approximate surface area is 120 Å². The monoisotopic (exact) mass is 290 g/mol. The summed E-state index contributed by atoms with van der Waals surface area (Å²) in [5, 5.41) is 21.1. The summed E-state index contributed by atoms with van der Waals surface area (Å²) in [6.45, 7) is 0. The molecule has 2 rings (SSSR count). The van der Waals surface area contributed by atoms with E-state index in [4.69, 9.17) is 5.73 Å². The number of halogens is 1. The summed E-state index contributed by atoms with van der Waals surface area (Å²) in [7, 11) is 0. The van der Waals surface area contributed by atoms with E-state index in [9.17, 15) is 19.4 Å². The van der Waals surface area contributed by atoms with Gasteiger partial charge >= 0.3 is 0 Å². The lowest BCUT2D eigenvalue weighted by Gasteiger charge is -2.13. The summed E-state index contributed by atoms with van der Waals surface area (Å²) >= 11 is 0. The van der Waals surface area contributed by atoms with Crippen molar-refractivity contribution in [2.45, 2.75) is 12.5 Å². The molecule has 0 saturated heterocycles. The van der Waals surface area contributed by atoms with Crippen molar-refractivity contribution in [1.82, 2.24) is 0 Å². The van der Waals surface area contributed by atoms with Gasteiger partial charge < -0.3 is 21.3 Å². The minimum atomic E-state index is -0.864. The zero-order valence-corrected chi connectivity index (χ0v) is 11.1. The van der Waals surface area contributed by atoms with Crippen LogP contribution < -0.4 is 11.1 Å². The Morgan fingerprint density at radius 3 is 2.62 bits per heavy atom. The van der Waals surface area contributed by atoms with Gasteiger partial charge in [0.25, 0.3) is 0 Å². The van der Waals surface area contributed by atoms with Crippen molar-refractivity contribution < 1.29 is 19.4 Å². The van der Waals surface area contributed by atoms with E-state index in [1.54, 1.807) is 12.1 Å². The van der Waals surface area contributed by atoms with E-state index < -0.39 is 17.8 Å². The van der Waals surface area contributed by atoms with E-state index >= 15 is 0 Å². The van der Waals surface area contributed by atoms with Crippen molar-refractivity contribution in [1.29, 1.82) is 0 Å². The molecule has 0 heterocycles. The number of amides is 1. The average molecular weight is 290 g/mol. The van der Waals surface area contributed by atoms with Crippen LogP contribution in [0.3, 0.4) is 0 Å². The number of phenols is 2. The number of carbonyl (C=O) groups is 1. The van der Waals surface area contributed by atoms with Gasteiger partial charge in [-0.2, -0.15) is 0 Å². The number of nitrogens with two attached hydrogens (primary N) is 1. The zero-order valence-electron chi connectivity index (χ0n) is 11.1. The Kier molecular flexibility index (Phi) is 4.39. The Morgan fingerprint density at radius 1 is 1.19 bits per heavy atom. The number of carbonyl (C=O) groups excluding carboxylic acids is 1. The Morgan fingerprint density at radius 2 is 1.95 bits per heavy atom. The van der Waals surface area contributed by atoms with Crippen molar-refractivity contribution in [2.75, 3.05) is 5.32 Å². The molecule has 0 aliphatic heterocycles. The van der Waals surface area contributed by atoms with Crippen LogP contribution in [-0.2, 0) is 11.2 Å². The number of phenolic OH excluding ortho intramolecular Hbond substituents is 2. The summed E-state index contributed by atoms with van der Waals surface area (Å²) in [4.78, 5) is 11.9. The number of hydrogen-bond donors (Lipinski definition) is 4. The van der Waals surface area contributed by atoms with E-state index in [0.29, 0.717) is 11.3 Å². The molecule has 110 valence electrons. The quantitative estimate of drug-likeness (QED) is 0.645. The van der Waals surface area contributed by atoms with Crippen LogP contribution >= 0.6 is 0 Å². The van der Waals surface area contributed by atoms with Crippen molar-refractivity contribution in [3.8, 4) is 11.5 Å². The van der Waals surface area contributed by atoms with Crippen molar-refractivity contribution in [2.24, 2.45) is 5.73 Å². The van der Waals surface area contributed by atoms with E-state index in [2.05, 4.69) is 5.32 Å². The molecule has 0 saturated carbocycles. The van der Waals surface area contributed by atoms with Crippen LogP contribution in [0.25, 0.3) is 0 Å². The first kappa shape index (κ1) is 14.8. The summed E-state index contributed by atoms with van der Waals surface area (Å²) in [5.74, 6) is -1.43. The maximum absolute atomic E-state index is 13.0. The number of aromatic hydroxyl groups is 2. The van der Waals surface area contributed by atoms with E-state index in [1.807, 2.05) is 0 Å². The molecular formula is C15H15FN2O3. The van der Waals surface area contributed by atoms with Gasteiger partial charge in [-0.25, -0.2) is 4.39 Å². The van der Waals surface area contributed by atoms with Gasteiger partial charge in [-0.1, -0.05) is 12.1 Å². The number of benzene rings is 2. The highest BCUT2D eigenvalue weighted by molar-refractivity contribution is 5.94. The van der Waals surface area contributed by atoms with Crippen molar-refractivity contribution >= 4 is 11.6 Å². The molecule has 0 aliphatic carbocycles. The second-order valence-electron chi connectivity index (χ2n) is 4.63. The standard InChI is InChI=1S/C15H15FN2O3/c16-10-2-1-3-11(8-10)18-15(21)12(17)6-9-4-5-13(19)14(20)7-9/h1-5,7-8,12,19-20H,6,17H2,(H,18,21)/t12-/m0/s1. The van der Waals surface area contributed by atoms with Crippen LogP contribution in [-0.4, -0.2) is 22.2 Å². The lowest BCUT2D eigenvalue weighted by molar-refractivity contribution is -0.117. The normalized spacial score (nSPS) is 11.9. The predicted molar refractivity (Wildman–Crippen MR) is 76.5 cm³/mol. The maximum atomic E-state index is 13.0. The molecule has 0 fully saturated rings. The summed E-state index contributed by atoms with van der Waals surface area (Å²) in [6, 6.07) is 8.86. The van der Waals surface area contributed by atoms with Gasteiger partial charge in [0, 0.05) is 5.69 Å². The lowest BCUT2D eigenvalue weighted by atomic mass is 10.1. The van der Waals surface area contributed by atoms with Gasteiger partial charge in [0.15, 0.2) is 11.5 Å². The molecule has 5 nitrogen and oxygen atoms in total. The van der Waals surface area contributed by atoms with E-state index in [-0.39, 0.29) is 17.9 Å². The van der Waals surface area contributed by atoms with Gasteiger partial charge in [0.2, 0.25) is 5.91 Å². The molecule has 0 aromatic heterocycles. The fraction of sp³-hybridized carbons (Fsp3) is 0.133. The highest BCUT2D eigenvalue weighted by Gasteiger charge is 2.15. The predicted octanol–water partition coefficient (Wildman–Crippen LogP) is 1.75. The third-order valence-electron chi connectivity index (χ3n) is 2.92. The van der Waals surface area contributed by atoms with Crippen molar-refractivity contribution in [3.05, 3.63) is 53.8 Å². The fourth-order valence-electron chi connectivity index (χ4n) is 1.84. The second-order valence-corrected chi connectivity index (χ2v) is 4.63. The third kappa shape index (κ3) is 3.93. The molecule has 2 aromatic carbocycles. The molecule has 1 atom stereocenters. The minimum absolute atomic E-state index is 0.176. The number of rotatable bonds is 4. The fourth-order valence-corrected chi connectivity index (χ4v) is 1.84. The molecule has 0 aliphatic rings. The van der Waals surface area contributed by atoms with Crippen LogP contribution in [0.4, 0.5) is 10.1 Å². The Balaban J connectivity index is 2.00. The Hall–Kier alpha value is -2.60. The maximum Gasteiger partial charge on any atom is 0.241 e. The number of anilines is 1.